The summed E-state index contributed by atoms with van der Waals surface area (Å²) >= 11 is 7.24. The number of para-hydroxylation sites is 1. The lowest BCUT2D eigenvalue weighted by atomic mass is 9.81. The van der Waals surface area contributed by atoms with Crippen LogP contribution in [0.15, 0.2) is 88.8 Å². The van der Waals surface area contributed by atoms with Crippen molar-refractivity contribution in [1.82, 2.24) is 14.9 Å². The highest BCUT2D eigenvalue weighted by Gasteiger charge is 2.27. The zero-order chi connectivity index (χ0) is 27.2. The van der Waals surface area contributed by atoms with E-state index in [0.29, 0.717) is 39.7 Å². The fourth-order valence-electron chi connectivity index (χ4n) is 5.06. The Bertz CT molecular complexity index is 1510. The number of hydrogen-bond donors (Lipinski definition) is 1. The van der Waals surface area contributed by atoms with Crippen molar-refractivity contribution < 1.29 is 9.59 Å². The molecule has 0 saturated heterocycles. The number of carbonyl (C=O) groups is 2. The van der Waals surface area contributed by atoms with Gasteiger partial charge in [-0.05, 0) is 73.6 Å². The van der Waals surface area contributed by atoms with Crippen LogP contribution in [-0.4, -0.2) is 27.0 Å². The minimum Gasteiger partial charge on any atom is -0.352 e. The van der Waals surface area contributed by atoms with Crippen LogP contribution in [0.5, 0.6) is 0 Å². The first kappa shape index (κ1) is 27.2. The van der Waals surface area contributed by atoms with Gasteiger partial charge in [-0.25, -0.2) is 4.98 Å². The van der Waals surface area contributed by atoms with Crippen molar-refractivity contribution >= 4 is 46.0 Å². The molecule has 8 heteroatoms. The summed E-state index contributed by atoms with van der Waals surface area (Å²) < 4.78 is 1.72. The standard InChI is InChI=1S/C31H30ClN3O3S/c32-25-16-14-23(15-17-25)28(36)20-39-31-34-27-9-5-4-8-26(27)30(38)35(31)19-22-10-12-24(13-11-22)29(37)33-18-21-6-2-1-3-7-21/h1-9,14-17,22,24H,10-13,18-20H2,(H,33,37). The number of nitrogens with zero attached hydrogens (tertiary/aromatic N) is 2. The first-order valence-corrected chi connectivity index (χ1v) is 14.6. The van der Waals surface area contributed by atoms with Crippen molar-refractivity contribution in [3.63, 3.8) is 0 Å². The predicted molar refractivity (Wildman–Crippen MR) is 156 cm³/mol. The van der Waals surface area contributed by atoms with Crippen LogP contribution in [0.4, 0.5) is 0 Å². The molecule has 1 aliphatic rings. The molecule has 39 heavy (non-hydrogen) atoms. The SMILES string of the molecule is O=C(CSc1nc2ccccc2c(=O)n1CC1CCC(C(=O)NCc2ccccc2)CC1)c1ccc(Cl)cc1. The van der Waals surface area contributed by atoms with Gasteiger partial charge in [0.1, 0.15) is 0 Å². The van der Waals surface area contributed by atoms with Crippen molar-refractivity contribution in [2.45, 2.75) is 43.9 Å². The molecule has 0 bridgehead atoms. The molecule has 0 aliphatic heterocycles. The Morgan fingerprint density at radius 1 is 0.923 bits per heavy atom. The Balaban J connectivity index is 1.26. The Morgan fingerprint density at radius 2 is 1.62 bits per heavy atom. The number of carbonyl (C=O) groups excluding carboxylic acids is 2. The predicted octanol–water partition coefficient (Wildman–Crippen LogP) is 6.15. The van der Waals surface area contributed by atoms with Crippen LogP contribution in [0, 0.1) is 11.8 Å². The number of hydrogen-bond acceptors (Lipinski definition) is 5. The first-order chi connectivity index (χ1) is 19.0. The number of nitrogens with one attached hydrogen (secondary N) is 1. The van der Waals surface area contributed by atoms with Gasteiger partial charge in [-0.3, -0.25) is 19.0 Å². The third-order valence-electron chi connectivity index (χ3n) is 7.29. The third-order valence-corrected chi connectivity index (χ3v) is 8.52. The molecular formula is C31H30ClN3O3S. The van der Waals surface area contributed by atoms with Gasteiger partial charge in [0.15, 0.2) is 10.9 Å². The molecule has 1 heterocycles. The number of amides is 1. The van der Waals surface area contributed by atoms with Gasteiger partial charge in [-0.15, -0.1) is 0 Å². The molecule has 3 aromatic carbocycles. The maximum absolute atomic E-state index is 13.5. The number of rotatable bonds is 9. The maximum atomic E-state index is 13.5. The Kier molecular flexibility index (Phi) is 8.79. The van der Waals surface area contributed by atoms with E-state index < -0.39 is 0 Å². The summed E-state index contributed by atoms with van der Waals surface area (Å²) in [6, 6.07) is 24.0. The normalized spacial score (nSPS) is 17.2. The molecule has 200 valence electrons. The number of halogens is 1. The van der Waals surface area contributed by atoms with Crippen LogP contribution in [0.1, 0.15) is 41.6 Å². The highest BCUT2D eigenvalue weighted by atomic mass is 35.5. The quantitative estimate of drug-likeness (QED) is 0.151. The smallest absolute Gasteiger partial charge is 0.262 e. The fraction of sp³-hybridized carbons (Fsp3) is 0.290. The molecule has 5 rings (SSSR count). The van der Waals surface area contributed by atoms with E-state index in [4.69, 9.17) is 16.6 Å². The number of Topliss-reactive ketones (excluding diaryl/α,β-unsaturated/α-hetero) is 1. The molecule has 1 saturated carbocycles. The molecule has 0 unspecified atom stereocenters. The minimum absolute atomic E-state index is 0.0118. The topological polar surface area (TPSA) is 81.1 Å². The van der Waals surface area contributed by atoms with Gasteiger partial charge in [-0.2, -0.15) is 0 Å². The zero-order valence-electron chi connectivity index (χ0n) is 21.5. The number of aromatic nitrogens is 2. The van der Waals surface area contributed by atoms with Crippen LogP contribution < -0.4 is 10.9 Å². The molecule has 4 aromatic rings. The van der Waals surface area contributed by atoms with Gasteiger partial charge in [0, 0.05) is 29.6 Å². The number of ketones is 1. The molecule has 1 amide bonds. The second-order valence-electron chi connectivity index (χ2n) is 9.97. The lowest BCUT2D eigenvalue weighted by Crippen LogP contribution is -2.34. The van der Waals surface area contributed by atoms with E-state index in [1.54, 1.807) is 34.9 Å². The summed E-state index contributed by atoms with van der Waals surface area (Å²) in [5.74, 6) is 0.463. The highest BCUT2D eigenvalue weighted by molar-refractivity contribution is 7.99. The van der Waals surface area contributed by atoms with Gasteiger partial charge >= 0.3 is 0 Å². The zero-order valence-corrected chi connectivity index (χ0v) is 23.1. The van der Waals surface area contributed by atoms with Crippen molar-refractivity contribution in [3.05, 3.63) is 105 Å². The van der Waals surface area contributed by atoms with Gasteiger partial charge in [0.2, 0.25) is 5.91 Å². The second-order valence-corrected chi connectivity index (χ2v) is 11.3. The van der Waals surface area contributed by atoms with Crippen LogP contribution in [0.2, 0.25) is 5.02 Å². The molecular weight excluding hydrogens is 530 g/mol. The van der Waals surface area contributed by atoms with Crippen LogP contribution >= 0.6 is 23.4 Å². The lowest BCUT2D eigenvalue weighted by Gasteiger charge is -2.28. The molecule has 1 N–H and O–H groups in total. The molecule has 6 nitrogen and oxygen atoms in total. The van der Waals surface area contributed by atoms with Gasteiger partial charge in [0.25, 0.3) is 5.56 Å². The van der Waals surface area contributed by atoms with E-state index >= 15 is 0 Å². The summed E-state index contributed by atoms with van der Waals surface area (Å²) in [5.41, 5.74) is 2.19. The summed E-state index contributed by atoms with van der Waals surface area (Å²) in [6.07, 6.45) is 3.30. The van der Waals surface area contributed by atoms with Crippen LogP contribution in [-0.2, 0) is 17.9 Å². The molecule has 1 fully saturated rings. The van der Waals surface area contributed by atoms with Crippen molar-refractivity contribution in [1.29, 1.82) is 0 Å². The largest absolute Gasteiger partial charge is 0.352 e. The van der Waals surface area contributed by atoms with Crippen LogP contribution in [0.25, 0.3) is 10.9 Å². The van der Waals surface area contributed by atoms with E-state index in [9.17, 15) is 14.4 Å². The Labute approximate surface area is 236 Å². The number of thioether (sulfide) groups is 1. The summed E-state index contributed by atoms with van der Waals surface area (Å²) in [5, 5.41) is 4.76. The Hall–Kier alpha value is -3.42. The first-order valence-electron chi connectivity index (χ1n) is 13.2. The van der Waals surface area contributed by atoms with E-state index in [-0.39, 0.29) is 34.8 Å². The lowest BCUT2D eigenvalue weighted by molar-refractivity contribution is -0.126. The minimum atomic E-state index is -0.0928. The number of fused-ring (bicyclic) bond motifs is 1. The van der Waals surface area contributed by atoms with Gasteiger partial charge in [-0.1, -0.05) is 65.8 Å². The van der Waals surface area contributed by atoms with Crippen LogP contribution in [0.3, 0.4) is 0 Å². The third kappa shape index (κ3) is 6.78. The monoisotopic (exact) mass is 559 g/mol. The number of benzene rings is 3. The van der Waals surface area contributed by atoms with E-state index in [2.05, 4.69) is 5.32 Å². The van der Waals surface area contributed by atoms with Crippen molar-refractivity contribution in [2.75, 3.05) is 5.75 Å². The molecule has 0 radical (unpaired) electrons. The average Bonchev–Trinajstić information content (AvgIpc) is 2.97. The maximum Gasteiger partial charge on any atom is 0.262 e. The summed E-state index contributed by atoms with van der Waals surface area (Å²) in [4.78, 5) is 43.8. The Morgan fingerprint density at radius 3 is 2.36 bits per heavy atom. The molecule has 0 atom stereocenters. The summed E-state index contributed by atoms with van der Waals surface area (Å²) in [6.45, 7) is 1.06. The summed E-state index contributed by atoms with van der Waals surface area (Å²) in [7, 11) is 0. The van der Waals surface area contributed by atoms with E-state index in [0.717, 1.165) is 31.2 Å². The van der Waals surface area contributed by atoms with Crippen molar-refractivity contribution in [2.24, 2.45) is 11.8 Å². The molecule has 0 spiro atoms. The average molecular weight is 560 g/mol. The molecule has 1 aromatic heterocycles. The van der Waals surface area contributed by atoms with Gasteiger partial charge < -0.3 is 5.32 Å². The fourth-order valence-corrected chi connectivity index (χ4v) is 6.09. The van der Waals surface area contributed by atoms with E-state index in [1.165, 1.54) is 11.8 Å². The second kappa shape index (κ2) is 12.6. The van der Waals surface area contributed by atoms with Crippen molar-refractivity contribution in [3.8, 4) is 0 Å². The highest BCUT2D eigenvalue weighted by Crippen LogP contribution is 2.31. The molecule has 1 aliphatic carbocycles. The van der Waals surface area contributed by atoms with E-state index in [1.807, 2.05) is 48.5 Å². The van der Waals surface area contributed by atoms with Gasteiger partial charge in [0.05, 0.1) is 16.7 Å².